The number of rotatable bonds is 16. The topological polar surface area (TPSA) is 511 Å². The van der Waals surface area contributed by atoms with Crippen LogP contribution in [0.2, 0.25) is 15.9 Å². The highest BCUT2D eigenvalue weighted by atomic mass is 79.9. The van der Waals surface area contributed by atoms with Crippen molar-refractivity contribution in [3.05, 3.63) is 183 Å². The summed E-state index contributed by atoms with van der Waals surface area (Å²) in [4.78, 5) is 93.4. The number of primary amides is 1. The number of benzene rings is 4. The van der Waals surface area contributed by atoms with Crippen LogP contribution < -0.4 is 44.4 Å². The maximum Gasteiger partial charge on any atom is 0.491 e. The van der Waals surface area contributed by atoms with Crippen molar-refractivity contribution in [2.24, 2.45) is 28.3 Å². The van der Waals surface area contributed by atoms with Gasteiger partial charge in [0.1, 0.15) is 48.6 Å². The highest BCUT2D eigenvalue weighted by Gasteiger charge is 2.54. The zero-order valence-electron chi connectivity index (χ0n) is 57.4. The fraction of sp³-hybridized carbons (Fsp3) is 0.365. The quantitative estimate of drug-likeness (QED) is 0.00628. The Morgan fingerprint density at radius 1 is 0.478 bits per heavy atom. The minimum atomic E-state index is -5.62. The van der Waals surface area contributed by atoms with E-state index in [9.17, 15) is 86.2 Å². The number of amides is 5. The number of amidine groups is 1. The van der Waals surface area contributed by atoms with Gasteiger partial charge in [-0.2, -0.15) is 82.9 Å². The van der Waals surface area contributed by atoms with Crippen LogP contribution in [0.3, 0.4) is 0 Å². The van der Waals surface area contributed by atoms with E-state index in [1.165, 1.54) is 0 Å². The molecule has 5 saturated carbocycles. The molecule has 0 atom stereocenters. The van der Waals surface area contributed by atoms with Crippen molar-refractivity contribution in [1.82, 2.24) is 56.5 Å². The number of halogens is 17. The van der Waals surface area contributed by atoms with Crippen molar-refractivity contribution in [3.8, 4) is 6.07 Å². The molecule has 0 saturated heterocycles. The maximum atomic E-state index is 12.5. The van der Waals surface area contributed by atoms with Crippen molar-refractivity contribution in [2.75, 3.05) is 0 Å². The Balaban J connectivity index is 0.000000344. The Morgan fingerprint density at radius 3 is 1.05 bits per heavy atom. The average molecular weight is 1810 g/mol. The average Bonchev–Trinajstić information content (AvgIpc) is 1.61. The number of oxime groups is 1. The minimum absolute atomic E-state index is 0. The van der Waals surface area contributed by atoms with Gasteiger partial charge < -0.3 is 81.6 Å². The number of carbonyl (C=O) groups is 7. The van der Waals surface area contributed by atoms with Crippen molar-refractivity contribution in [3.63, 3.8) is 0 Å². The second-order valence-electron chi connectivity index (χ2n) is 23.3. The van der Waals surface area contributed by atoms with E-state index in [4.69, 9.17) is 86.6 Å². The largest absolute Gasteiger partial charge is 0.491 e. The Morgan fingerprint density at radius 2 is 0.788 bits per heavy atom. The normalized spacial score (nSPS) is 15.2. The molecule has 50 heteroatoms. The molecule has 0 spiro atoms. The summed E-state index contributed by atoms with van der Waals surface area (Å²) in [6, 6.07) is 39.2. The van der Waals surface area contributed by atoms with Crippen LogP contribution in [0.4, 0.5) is 71.9 Å². The number of nitrogens with two attached hydrogens (primary N) is 4. The van der Waals surface area contributed by atoms with E-state index in [2.05, 4.69) is 87.4 Å². The van der Waals surface area contributed by atoms with E-state index in [0.29, 0.717) is 64.2 Å². The second kappa shape index (κ2) is 42.9. The molecule has 0 aliphatic heterocycles. The van der Waals surface area contributed by atoms with E-state index < -0.39 is 106 Å². The molecule has 12 rings (SSSR count). The summed E-state index contributed by atoms with van der Waals surface area (Å²) < 4.78 is 171. The molecule has 3 aromatic heterocycles. The smallest absolute Gasteiger partial charge is 0.445 e. The second-order valence-corrected chi connectivity index (χ2v) is 24.4. The van der Waals surface area contributed by atoms with Crippen LogP contribution in [0, 0.1) is 11.3 Å². The molecule has 3 heterocycles. The first-order valence-corrected chi connectivity index (χ1v) is 32.3. The molecule has 113 heavy (non-hydrogen) atoms. The number of nitrogens with one attached hydrogen (secondary N) is 4. The van der Waals surface area contributed by atoms with E-state index in [1.54, 1.807) is 24.3 Å². The summed E-state index contributed by atoms with van der Waals surface area (Å²) in [5, 5.41) is 43.5. The number of nitriles is 1. The zero-order chi connectivity index (χ0) is 82.7. The van der Waals surface area contributed by atoms with Crippen LogP contribution >= 0.6 is 68.8 Å². The molecule has 4 aromatic carbocycles. The number of ether oxygens (including phenoxy) is 5. The molecule has 616 valence electrons. The van der Waals surface area contributed by atoms with Crippen molar-refractivity contribution >= 4 is 117 Å². The number of esters is 2. The van der Waals surface area contributed by atoms with Crippen molar-refractivity contribution in [1.29, 1.82) is 5.26 Å². The SMILES string of the molecule is Br.Br.Clc1nc(Cl)nc(Cl)n1.N#CC1(NC(=O)OCc2ccccc2)CC1.NC(=NO)C1(NC(=O)OCc2ccccc2)CC1.NC(=O)C1(NC(=O)OCc2ccccc2)CC1.NC1(c2noc(C(F)(F)F)n2)CC1.NO.O=C(NC1(c2noc(C(F)(F)F)n2)CC1)OCc1ccccc1.O=C(OC(=O)C(F)(F)F)C(F)(F)F. The molecule has 0 radical (unpaired) electrons. The lowest BCUT2D eigenvalue weighted by atomic mass is 10.2. The molecule has 33 nitrogen and oxygen atoms in total. The molecule has 5 amide bonds. The lowest BCUT2D eigenvalue weighted by Crippen LogP contribution is -2.47. The van der Waals surface area contributed by atoms with E-state index >= 15 is 0 Å². The first kappa shape index (κ1) is 96.7. The summed E-state index contributed by atoms with van der Waals surface area (Å²) in [7, 11) is 0. The summed E-state index contributed by atoms with van der Waals surface area (Å²) >= 11 is 16.0. The molecule has 5 aliphatic rings. The first-order chi connectivity index (χ1) is 52.1. The monoisotopic (exact) mass is 1810 g/mol. The van der Waals surface area contributed by atoms with Crippen molar-refractivity contribution in [2.45, 2.75) is 143 Å². The summed E-state index contributed by atoms with van der Waals surface area (Å²) in [5.41, 5.74) is 15.7. The number of nitrogens with zero attached hydrogens (tertiary/aromatic N) is 9. The number of alkyl carbamates (subject to hydrolysis) is 4. The van der Waals surface area contributed by atoms with Crippen LogP contribution in [0.5, 0.6) is 0 Å². The molecule has 5 aliphatic carbocycles. The van der Waals surface area contributed by atoms with Crippen LogP contribution in [0.1, 0.15) is 110 Å². The van der Waals surface area contributed by atoms with Gasteiger partial charge in [-0.15, -0.1) is 34.0 Å². The summed E-state index contributed by atoms with van der Waals surface area (Å²) in [5.74, 6) is -6.41. The highest BCUT2D eigenvalue weighted by molar-refractivity contribution is 8.93. The van der Waals surface area contributed by atoms with Crippen LogP contribution in [0.25, 0.3) is 0 Å². The van der Waals surface area contributed by atoms with Gasteiger partial charge in [0.05, 0.1) is 11.6 Å². The van der Waals surface area contributed by atoms with E-state index in [1.807, 2.05) is 97.1 Å². The standard InChI is InChI=1S/C14H12F3N3O3.C12H15N3O3.C12H14N2O3.C12H12N2O2.C6H6F3N3O.C4F6O3.C3Cl3N3.2BrH.H3NO/c15-14(16,17)11-18-10(20-23-11)13(6-7-13)19-12(21)22-8-9-4-2-1-3-5-9;13-10(15-17)12(6-7-12)14-11(16)18-8-9-4-2-1-3-5-9;13-10(15)12(6-7-12)14-11(16)17-8-9-4-2-1-3-5-9;13-9-12(6-7-12)14-11(15)16-8-10-4-2-1-3-5-10;7-6(8,9)4-11-3(12-13-4)5(10)1-2-5;5-3(6,7)1(11)13-2(12)4(8,9)10;4-1-7-2(5)9-3(6)8-1;;;1-2/h1-5H,6-8H2,(H,19,21);1-5,17H,6-8H2,(H2,13,15)(H,14,16);1-5H,6-8H2,(H2,13,15)(H,14,16);1-5H,6-8H2,(H,14,15);1-2,10H2;;;2*1H;2H,1H2. The van der Waals surface area contributed by atoms with Gasteiger partial charge in [-0.3, -0.25) is 4.79 Å². The third-order valence-corrected chi connectivity index (χ3v) is 15.2. The maximum absolute atomic E-state index is 12.5. The van der Waals surface area contributed by atoms with Crippen LogP contribution in [0.15, 0.2) is 136 Å². The fourth-order valence-electron chi connectivity index (χ4n) is 7.90. The lowest BCUT2D eigenvalue weighted by molar-refractivity contribution is -0.221. The number of carbonyl (C=O) groups excluding carboxylic acids is 7. The highest BCUT2D eigenvalue weighted by Crippen LogP contribution is 2.45. The van der Waals surface area contributed by atoms with Gasteiger partial charge in [-0.05, 0) is 121 Å². The molecular formula is C63H64Br2Cl3F12N17O16. The van der Waals surface area contributed by atoms with Gasteiger partial charge in [-0.25, -0.2) is 34.7 Å². The van der Waals surface area contributed by atoms with E-state index in [0.717, 1.165) is 22.3 Å². The molecule has 0 unspecified atom stereocenters. The van der Waals surface area contributed by atoms with Crippen LogP contribution in [-0.4, -0.2) is 123 Å². The zero-order valence-corrected chi connectivity index (χ0v) is 63.1. The third-order valence-electron chi connectivity index (χ3n) is 14.7. The molecule has 7 aromatic rings. The lowest BCUT2D eigenvalue weighted by Gasteiger charge is -2.15. The molecule has 14 N–H and O–H groups in total. The predicted molar refractivity (Wildman–Crippen MR) is 372 cm³/mol. The van der Waals surface area contributed by atoms with Gasteiger partial charge in [0.2, 0.25) is 21.8 Å². The molecular weight excluding hydrogens is 1740 g/mol. The summed E-state index contributed by atoms with van der Waals surface area (Å²) in [6.45, 7) is 0.664. The van der Waals surface area contributed by atoms with Gasteiger partial charge in [0.15, 0.2) is 17.5 Å². The molecule has 5 fully saturated rings. The molecule has 0 bridgehead atoms. The Kier molecular flexibility index (Phi) is 36.7. The van der Waals surface area contributed by atoms with Crippen LogP contribution in [-0.2, 0) is 87.9 Å². The van der Waals surface area contributed by atoms with Gasteiger partial charge >= 0.3 is 72.8 Å². The predicted octanol–water partition coefficient (Wildman–Crippen LogP) is 11.6. The Labute approximate surface area is 664 Å². The fourth-order valence-corrected chi connectivity index (χ4v) is 8.51. The van der Waals surface area contributed by atoms with Gasteiger partial charge in [0.25, 0.3) is 0 Å². The number of hydrogen-bond acceptors (Lipinski definition) is 27. The number of aromatic nitrogens is 7. The number of hydrogen-bond donors (Lipinski definition) is 10. The Hall–Kier alpha value is -10.5. The third kappa shape index (κ3) is 33.4. The first-order valence-electron chi connectivity index (χ1n) is 31.2. The number of alkyl halides is 12. The summed E-state index contributed by atoms with van der Waals surface area (Å²) in [6.07, 6.45) is -17.0. The van der Waals surface area contributed by atoms with Crippen molar-refractivity contribution < 1.29 is 129 Å². The minimum Gasteiger partial charge on any atom is -0.445 e. The van der Waals surface area contributed by atoms with E-state index in [-0.39, 0.29) is 93.7 Å². The Bertz CT molecular complexity index is 4230. The van der Waals surface area contributed by atoms with Gasteiger partial charge in [0, 0.05) is 0 Å². The van der Waals surface area contributed by atoms with Gasteiger partial charge in [-0.1, -0.05) is 137 Å².